The van der Waals surface area contributed by atoms with Gasteiger partial charge in [0.05, 0.1) is 12.8 Å². The van der Waals surface area contributed by atoms with Gasteiger partial charge in [0.15, 0.2) is 0 Å². The van der Waals surface area contributed by atoms with Crippen molar-refractivity contribution in [3.63, 3.8) is 0 Å². The van der Waals surface area contributed by atoms with Crippen LogP contribution in [-0.4, -0.2) is 18.0 Å². The molecule has 0 fully saturated rings. The summed E-state index contributed by atoms with van der Waals surface area (Å²) in [5, 5.41) is 2.85. The molecule has 1 aromatic heterocycles. The van der Waals surface area contributed by atoms with E-state index in [1.165, 1.54) is 0 Å². The number of hydrogen-bond donors (Lipinski definition) is 1. The van der Waals surface area contributed by atoms with Crippen molar-refractivity contribution in [1.29, 1.82) is 0 Å². The Bertz CT molecular complexity index is 541. The molecule has 1 N–H and O–H groups in total. The molecule has 0 saturated heterocycles. The van der Waals surface area contributed by atoms with Crippen LogP contribution in [0, 0.1) is 0 Å². The van der Waals surface area contributed by atoms with E-state index in [9.17, 15) is 4.79 Å². The van der Waals surface area contributed by atoms with Gasteiger partial charge in [0, 0.05) is 18.8 Å². The topological polar surface area (TPSA) is 51.2 Å². The maximum absolute atomic E-state index is 11.9. The van der Waals surface area contributed by atoms with Crippen LogP contribution in [0.1, 0.15) is 12.0 Å². The minimum absolute atomic E-state index is 0.0266. The van der Waals surface area contributed by atoms with Crippen LogP contribution in [-0.2, 0) is 11.2 Å². The standard InChI is InChI=1S/C15H16N2O2/c1-19-14-5-3-2-4-13(14)17-15(18)7-6-12-8-10-16-11-9-12/h2-5,8-11H,6-7H2,1H3,(H,17,18). The number of pyridine rings is 1. The van der Waals surface area contributed by atoms with E-state index in [1.807, 2.05) is 36.4 Å². The molecule has 2 rings (SSSR count). The quantitative estimate of drug-likeness (QED) is 0.894. The van der Waals surface area contributed by atoms with Gasteiger partial charge < -0.3 is 10.1 Å². The summed E-state index contributed by atoms with van der Waals surface area (Å²) >= 11 is 0. The molecule has 1 aromatic carbocycles. The van der Waals surface area contributed by atoms with Gasteiger partial charge in [-0.2, -0.15) is 0 Å². The van der Waals surface area contributed by atoms with Crippen molar-refractivity contribution in [2.75, 3.05) is 12.4 Å². The molecule has 0 saturated carbocycles. The molecule has 4 heteroatoms. The zero-order valence-electron chi connectivity index (χ0n) is 10.8. The average molecular weight is 256 g/mol. The van der Waals surface area contributed by atoms with E-state index in [1.54, 1.807) is 19.5 Å². The lowest BCUT2D eigenvalue weighted by atomic mass is 10.1. The summed E-state index contributed by atoms with van der Waals surface area (Å²) in [5.41, 5.74) is 1.80. The summed E-state index contributed by atoms with van der Waals surface area (Å²) in [5.74, 6) is 0.640. The van der Waals surface area contributed by atoms with E-state index in [4.69, 9.17) is 4.74 Å². The zero-order valence-corrected chi connectivity index (χ0v) is 10.8. The van der Waals surface area contributed by atoms with Crippen molar-refractivity contribution < 1.29 is 9.53 Å². The number of hydrogen-bond acceptors (Lipinski definition) is 3. The predicted molar refractivity (Wildman–Crippen MR) is 74.2 cm³/mol. The SMILES string of the molecule is COc1ccccc1NC(=O)CCc1ccncc1. The molecule has 2 aromatic rings. The third-order valence-corrected chi connectivity index (χ3v) is 2.77. The lowest BCUT2D eigenvalue weighted by molar-refractivity contribution is -0.116. The smallest absolute Gasteiger partial charge is 0.224 e. The van der Waals surface area contributed by atoms with Gasteiger partial charge in [-0.25, -0.2) is 0 Å². The second-order valence-corrected chi connectivity index (χ2v) is 4.10. The number of para-hydroxylation sites is 2. The third kappa shape index (κ3) is 3.81. The van der Waals surface area contributed by atoms with Gasteiger partial charge in [-0.3, -0.25) is 9.78 Å². The minimum atomic E-state index is -0.0266. The van der Waals surface area contributed by atoms with Crippen LogP contribution in [0.25, 0.3) is 0 Å². The first-order chi connectivity index (χ1) is 9.29. The average Bonchev–Trinajstić information content (AvgIpc) is 2.47. The Kier molecular flexibility index (Phi) is 4.50. The summed E-state index contributed by atoms with van der Waals surface area (Å²) in [6.45, 7) is 0. The molecule has 1 heterocycles. The van der Waals surface area contributed by atoms with E-state index >= 15 is 0 Å². The maximum atomic E-state index is 11.9. The van der Waals surface area contributed by atoms with Crippen molar-refractivity contribution >= 4 is 11.6 Å². The first-order valence-electron chi connectivity index (χ1n) is 6.11. The molecule has 98 valence electrons. The molecule has 4 nitrogen and oxygen atoms in total. The first-order valence-corrected chi connectivity index (χ1v) is 6.11. The summed E-state index contributed by atoms with van der Waals surface area (Å²) in [7, 11) is 1.59. The zero-order chi connectivity index (χ0) is 13.5. The fourth-order valence-corrected chi connectivity index (χ4v) is 1.77. The van der Waals surface area contributed by atoms with Crippen LogP contribution in [0.15, 0.2) is 48.8 Å². The number of methoxy groups -OCH3 is 1. The summed E-state index contributed by atoms with van der Waals surface area (Å²) in [6.07, 6.45) is 4.59. The minimum Gasteiger partial charge on any atom is -0.495 e. The number of amides is 1. The van der Waals surface area contributed by atoms with E-state index in [0.29, 0.717) is 24.3 Å². The lowest BCUT2D eigenvalue weighted by Crippen LogP contribution is -2.13. The van der Waals surface area contributed by atoms with Crippen molar-refractivity contribution in [3.05, 3.63) is 54.4 Å². The number of nitrogens with one attached hydrogen (secondary N) is 1. The number of nitrogens with zero attached hydrogens (tertiary/aromatic N) is 1. The van der Waals surface area contributed by atoms with Crippen molar-refractivity contribution in [1.82, 2.24) is 4.98 Å². The van der Waals surface area contributed by atoms with E-state index in [-0.39, 0.29) is 5.91 Å². The Morgan fingerprint density at radius 3 is 2.68 bits per heavy atom. The van der Waals surface area contributed by atoms with Gasteiger partial charge in [-0.15, -0.1) is 0 Å². The van der Waals surface area contributed by atoms with Gasteiger partial charge in [0.1, 0.15) is 5.75 Å². The molecule has 0 aliphatic heterocycles. The molecule has 0 bridgehead atoms. The van der Waals surface area contributed by atoms with Gasteiger partial charge in [-0.1, -0.05) is 12.1 Å². The van der Waals surface area contributed by atoms with Crippen LogP contribution in [0.4, 0.5) is 5.69 Å². The monoisotopic (exact) mass is 256 g/mol. The largest absolute Gasteiger partial charge is 0.495 e. The molecule has 19 heavy (non-hydrogen) atoms. The number of benzene rings is 1. The van der Waals surface area contributed by atoms with Gasteiger partial charge in [0.25, 0.3) is 0 Å². The van der Waals surface area contributed by atoms with Crippen molar-refractivity contribution in [2.24, 2.45) is 0 Å². The third-order valence-electron chi connectivity index (χ3n) is 2.77. The number of anilines is 1. The number of carbonyl (C=O) groups excluding carboxylic acids is 1. The normalized spacial score (nSPS) is 9.95. The molecule has 1 amide bonds. The molecular formula is C15H16N2O2. The lowest BCUT2D eigenvalue weighted by Gasteiger charge is -2.09. The second kappa shape index (κ2) is 6.54. The molecule has 0 unspecified atom stereocenters. The summed E-state index contributed by atoms with van der Waals surface area (Å²) in [4.78, 5) is 15.8. The highest BCUT2D eigenvalue weighted by Gasteiger charge is 2.06. The number of ether oxygens (including phenoxy) is 1. The highest BCUT2D eigenvalue weighted by atomic mass is 16.5. The van der Waals surface area contributed by atoms with Gasteiger partial charge in [-0.05, 0) is 36.2 Å². The van der Waals surface area contributed by atoms with Crippen LogP contribution >= 0.6 is 0 Å². The Balaban J connectivity index is 1.91. The molecule has 0 radical (unpaired) electrons. The number of aromatic nitrogens is 1. The Morgan fingerprint density at radius 1 is 1.21 bits per heavy atom. The van der Waals surface area contributed by atoms with E-state index < -0.39 is 0 Å². The second-order valence-electron chi connectivity index (χ2n) is 4.10. The van der Waals surface area contributed by atoms with Crippen molar-refractivity contribution in [3.8, 4) is 5.75 Å². The molecule has 0 atom stereocenters. The first kappa shape index (κ1) is 13.1. The molecule has 0 aliphatic carbocycles. The Labute approximate surface area is 112 Å². The van der Waals surface area contributed by atoms with E-state index in [2.05, 4.69) is 10.3 Å². The van der Waals surface area contributed by atoms with Crippen molar-refractivity contribution in [2.45, 2.75) is 12.8 Å². The molecule has 0 aliphatic rings. The van der Waals surface area contributed by atoms with Crippen LogP contribution < -0.4 is 10.1 Å². The number of carbonyl (C=O) groups is 1. The summed E-state index contributed by atoms with van der Waals surface area (Å²) < 4.78 is 5.19. The molecule has 0 spiro atoms. The van der Waals surface area contributed by atoms with Gasteiger partial charge in [0.2, 0.25) is 5.91 Å². The summed E-state index contributed by atoms with van der Waals surface area (Å²) in [6, 6.07) is 11.2. The fraction of sp³-hybridized carbons (Fsp3) is 0.200. The van der Waals surface area contributed by atoms with Crippen LogP contribution in [0.5, 0.6) is 5.75 Å². The maximum Gasteiger partial charge on any atom is 0.224 e. The number of rotatable bonds is 5. The molecular weight excluding hydrogens is 240 g/mol. The Morgan fingerprint density at radius 2 is 1.95 bits per heavy atom. The highest BCUT2D eigenvalue weighted by Crippen LogP contribution is 2.23. The highest BCUT2D eigenvalue weighted by molar-refractivity contribution is 5.92. The fourth-order valence-electron chi connectivity index (χ4n) is 1.77. The van der Waals surface area contributed by atoms with Crippen LogP contribution in [0.3, 0.4) is 0 Å². The van der Waals surface area contributed by atoms with Gasteiger partial charge >= 0.3 is 0 Å². The van der Waals surface area contributed by atoms with E-state index in [0.717, 1.165) is 5.56 Å². The number of aryl methyl sites for hydroxylation is 1. The predicted octanol–water partition coefficient (Wildman–Crippen LogP) is 2.66. The Hall–Kier alpha value is -2.36. The van der Waals surface area contributed by atoms with Crippen LogP contribution in [0.2, 0.25) is 0 Å².